The molecule has 6 heteroatoms. The summed E-state index contributed by atoms with van der Waals surface area (Å²) >= 11 is 0. The van der Waals surface area contributed by atoms with E-state index in [9.17, 15) is 14.7 Å². The molecule has 0 aliphatic rings. The van der Waals surface area contributed by atoms with Gasteiger partial charge >= 0.3 is 11.8 Å². The van der Waals surface area contributed by atoms with Crippen LogP contribution in [0, 0.1) is 13.8 Å². The van der Waals surface area contributed by atoms with E-state index in [0.29, 0.717) is 11.4 Å². The Morgan fingerprint density at radius 1 is 1.13 bits per heavy atom. The van der Waals surface area contributed by atoms with Gasteiger partial charge in [0.1, 0.15) is 11.9 Å². The largest absolute Gasteiger partial charge is 0.467 e. The van der Waals surface area contributed by atoms with Crippen LogP contribution in [0.1, 0.15) is 29.4 Å². The number of para-hydroxylation sites is 1. The Balaban J connectivity index is 1.82. The van der Waals surface area contributed by atoms with Crippen LogP contribution in [-0.4, -0.2) is 23.5 Å². The maximum absolute atomic E-state index is 11.9. The van der Waals surface area contributed by atoms with Crippen molar-refractivity contribution in [2.75, 3.05) is 11.9 Å². The van der Waals surface area contributed by atoms with Gasteiger partial charge < -0.3 is 20.2 Å². The van der Waals surface area contributed by atoms with Gasteiger partial charge in [0.2, 0.25) is 0 Å². The van der Waals surface area contributed by atoms with Gasteiger partial charge in [-0.3, -0.25) is 9.59 Å². The number of amides is 2. The van der Waals surface area contributed by atoms with Crippen LogP contribution in [-0.2, 0) is 9.59 Å². The van der Waals surface area contributed by atoms with Gasteiger partial charge in [-0.25, -0.2) is 0 Å². The van der Waals surface area contributed by atoms with Crippen LogP contribution in [0.4, 0.5) is 5.69 Å². The second-order valence-corrected chi connectivity index (χ2v) is 5.30. The molecule has 2 aromatic rings. The molecule has 1 atom stereocenters. The van der Waals surface area contributed by atoms with E-state index in [2.05, 4.69) is 10.6 Å². The minimum atomic E-state index is -0.813. The van der Waals surface area contributed by atoms with Gasteiger partial charge in [0, 0.05) is 12.2 Å². The molecule has 6 nitrogen and oxygen atoms in total. The van der Waals surface area contributed by atoms with Crippen LogP contribution >= 0.6 is 0 Å². The van der Waals surface area contributed by atoms with Crippen LogP contribution in [0.2, 0.25) is 0 Å². The molecule has 0 spiro atoms. The van der Waals surface area contributed by atoms with Crippen LogP contribution in [0.25, 0.3) is 0 Å². The van der Waals surface area contributed by atoms with Crippen molar-refractivity contribution in [1.29, 1.82) is 0 Å². The van der Waals surface area contributed by atoms with E-state index >= 15 is 0 Å². The van der Waals surface area contributed by atoms with E-state index in [1.807, 2.05) is 32.0 Å². The van der Waals surface area contributed by atoms with Crippen molar-refractivity contribution in [3.05, 3.63) is 53.5 Å². The fourth-order valence-electron chi connectivity index (χ4n) is 2.21. The standard InChI is InChI=1S/C17H20N2O4/c1-11-5-3-6-12(2)15(11)19-17(22)16(21)18-9-8-13(20)14-7-4-10-23-14/h3-7,10,13,20H,8-9H2,1-2H3,(H,18,21)(H,19,22). The fourth-order valence-corrected chi connectivity index (χ4v) is 2.21. The lowest BCUT2D eigenvalue weighted by Crippen LogP contribution is -2.36. The zero-order valence-corrected chi connectivity index (χ0v) is 13.1. The van der Waals surface area contributed by atoms with Crippen LogP contribution in [0.5, 0.6) is 0 Å². The van der Waals surface area contributed by atoms with Gasteiger partial charge in [-0.1, -0.05) is 18.2 Å². The molecule has 1 aromatic carbocycles. The first-order chi connectivity index (χ1) is 11.0. The van der Waals surface area contributed by atoms with Crippen molar-refractivity contribution >= 4 is 17.5 Å². The first-order valence-corrected chi connectivity index (χ1v) is 7.36. The maximum Gasteiger partial charge on any atom is 0.313 e. The molecule has 1 heterocycles. The Labute approximate surface area is 134 Å². The number of carbonyl (C=O) groups is 2. The van der Waals surface area contributed by atoms with Gasteiger partial charge in [-0.2, -0.15) is 0 Å². The molecule has 0 bridgehead atoms. The Bertz CT molecular complexity index is 660. The van der Waals surface area contributed by atoms with E-state index in [1.165, 1.54) is 6.26 Å². The number of hydrogen-bond acceptors (Lipinski definition) is 4. The zero-order chi connectivity index (χ0) is 16.8. The molecular weight excluding hydrogens is 296 g/mol. The van der Waals surface area contributed by atoms with Gasteiger partial charge in [-0.15, -0.1) is 0 Å². The molecule has 0 aliphatic heterocycles. The van der Waals surface area contributed by atoms with Crippen molar-refractivity contribution in [3.63, 3.8) is 0 Å². The Kier molecular flexibility index (Phi) is 5.54. The summed E-state index contributed by atoms with van der Waals surface area (Å²) in [5.41, 5.74) is 2.42. The number of aliphatic hydroxyl groups is 1. The van der Waals surface area contributed by atoms with Crippen LogP contribution < -0.4 is 10.6 Å². The molecule has 122 valence electrons. The molecule has 2 rings (SSSR count). The molecule has 1 aromatic heterocycles. The summed E-state index contributed by atoms with van der Waals surface area (Å²) in [5.74, 6) is -1.03. The number of carbonyl (C=O) groups excluding carboxylic acids is 2. The van der Waals surface area contributed by atoms with Crippen molar-refractivity contribution in [3.8, 4) is 0 Å². The Morgan fingerprint density at radius 2 is 1.83 bits per heavy atom. The number of benzene rings is 1. The summed E-state index contributed by atoms with van der Waals surface area (Å²) < 4.78 is 5.06. The van der Waals surface area contributed by atoms with Crippen molar-refractivity contribution < 1.29 is 19.1 Å². The third-order valence-electron chi connectivity index (χ3n) is 3.50. The molecule has 2 amide bonds. The third kappa shape index (κ3) is 4.43. The SMILES string of the molecule is Cc1cccc(C)c1NC(=O)C(=O)NCCC(O)c1ccco1. The minimum Gasteiger partial charge on any atom is -0.467 e. The molecule has 0 radical (unpaired) electrons. The van der Waals surface area contributed by atoms with Crippen molar-refractivity contribution in [2.24, 2.45) is 0 Å². The molecule has 3 N–H and O–H groups in total. The molecule has 1 unspecified atom stereocenters. The molecule has 23 heavy (non-hydrogen) atoms. The maximum atomic E-state index is 11.9. The second-order valence-electron chi connectivity index (χ2n) is 5.30. The number of aryl methyl sites for hydroxylation is 2. The normalized spacial score (nSPS) is 11.8. The number of furan rings is 1. The smallest absolute Gasteiger partial charge is 0.313 e. The lowest BCUT2D eigenvalue weighted by atomic mass is 10.1. The average molecular weight is 316 g/mol. The highest BCUT2D eigenvalue weighted by atomic mass is 16.4. The van der Waals surface area contributed by atoms with Crippen molar-refractivity contribution in [1.82, 2.24) is 5.32 Å². The highest BCUT2D eigenvalue weighted by Gasteiger charge is 2.16. The molecule has 0 fully saturated rings. The quantitative estimate of drug-likeness (QED) is 0.736. The van der Waals surface area contributed by atoms with E-state index in [0.717, 1.165) is 11.1 Å². The summed E-state index contributed by atoms with van der Waals surface area (Å²) in [6, 6.07) is 8.94. The highest BCUT2D eigenvalue weighted by Crippen LogP contribution is 2.19. The highest BCUT2D eigenvalue weighted by molar-refractivity contribution is 6.39. The Hall–Kier alpha value is -2.60. The first kappa shape index (κ1) is 16.8. The van der Waals surface area contributed by atoms with Crippen LogP contribution in [0.3, 0.4) is 0 Å². The molecule has 0 saturated carbocycles. The number of hydrogen-bond donors (Lipinski definition) is 3. The lowest BCUT2D eigenvalue weighted by molar-refractivity contribution is -0.136. The third-order valence-corrected chi connectivity index (χ3v) is 3.50. The van der Waals surface area contributed by atoms with Gasteiger partial charge in [0.25, 0.3) is 0 Å². The number of anilines is 1. The summed E-state index contributed by atoms with van der Waals surface area (Å²) in [4.78, 5) is 23.7. The molecular formula is C17H20N2O4. The fraction of sp³-hybridized carbons (Fsp3) is 0.294. The van der Waals surface area contributed by atoms with E-state index in [1.54, 1.807) is 12.1 Å². The summed E-state index contributed by atoms with van der Waals surface area (Å²) in [7, 11) is 0. The van der Waals surface area contributed by atoms with Gasteiger partial charge in [0.05, 0.1) is 6.26 Å². The van der Waals surface area contributed by atoms with E-state index in [-0.39, 0.29) is 13.0 Å². The predicted molar refractivity (Wildman–Crippen MR) is 85.8 cm³/mol. The van der Waals surface area contributed by atoms with E-state index in [4.69, 9.17) is 4.42 Å². The topological polar surface area (TPSA) is 91.6 Å². The molecule has 0 aliphatic carbocycles. The average Bonchev–Trinajstić information content (AvgIpc) is 3.05. The van der Waals surface area contributed by atoms with Crippen molar-refractivity contribution in [2.45, 2.75) is 26.4 Å². The zero-order valence-electron chi connectivity index (χ0n) is 13.1. The predicted octanol–water partition coefficient (Wildman–Crippen LogP) is 2.07. The van der Waals surface area contributed by atoms with Gasteiger partial charge in [0.15, 0.2) is 0 Å². The second kappa shape index (κ2) is 7.60. The summed E-state index contributed by atoms with van der Waals surface area (Å²) in [5, 5.41) is 14.9. The lowest BCUT2D eigenvalue weighted by Gasteiger charge is -2.12. The summed E-state index contributed by atoms with van der Waals surface area (Å²) in [6.07, 6.45) is 0.914. The van der Waals surface area contributed by atoms with Gasteiger partial charge in [-0.05, 0) is 43.5 Å². The monoisotopic (exact) mass is 316 g/mol. The number of rotatable bonds is 5. The Morgan fingerprint density at radius 3 is 2.43 bits per heavy atom. The molecule has 0 saturated heterocycles. The first-order valence-electron chi connectivity index (χ1n) is 7.36. The number of aliphatic hydroxyl groups excluding tert-OH is 1. The van der Waals surface area contributed by atoms with Crippen LogP contribution in [0.15, 0.2) is 41.0 Å². The number of nitrogens with one attached hydrogen (secondary N) is 2. The summed E-state index contributed by atoms with van der Waals surface area (Å²) in [6.45, 7) is 3.89. The van der Waals surface area contributed by atoms with E-state index < -0.39 is 17.9 Å². The minimum absolute atomic E-state index is 0.168.